The zero-order chi connectivity index (χ0) is 13.3. The first-order chi connectivity index (χ1) is 8.54. The highest BCUT2D eigenvalue weighted by Gasteiger charge is 2.17. The number of rotatable bonds is 3. The second kappa shape index (κ2) is 4.40. The van der Waals surface area contributed by atoms with Crippen molar-refractivity contribution in [2.45, 2.75) is 13.3 Å². The van der Waals surface area contributed by atoms with Crippen molar-refractivity contribution in [1.82, 2.24) is 19.7 Å². The van der Waals surface area contributed by atoms with Gasteiger partial charge in [0.1, 0.15) is 6.33 Å². The number of nitrogens with zero attached hydrogens (tertiary/aromatic N) is 4. The fourth-order valence-corrected chi connectivity index (χ4v) is 1.49. The first kappa shape index (κ1) is 12.0. The Morgan fingerprint density at radius 3 is 2.78 bits per heavy atom. The van der Waals surface area contributed by atoms with Crippen molar-refractivity contribution in [3.8, 4) is 5.82 Å². The van der Waals surface area contributed by atoms with Crippen LogP contribution in [0.15, 0.2) is 12.5 Å². The van der Waals surface area contributed by atoms with E-state index >= 15 is 0 Å². The van der Waals surface area contributed by atoms with Gasteiger partial charge >= 0.3 is 0 Å². The molecule has 0 aromatic carbocycles. The number of anilines is 1. The summed E-state index contributed by atoms with van der Waals surface area (Å²) in [6.07, 6.45) is 2.92. The molecular weight excluding hydrogens is 239 g/mol. The van der Waals surface area contributed by atoms with Crippen molar-refractivity contribution < 1.29 is 9.18 Å². The van der Waals surface area contributed by atoms with E-state index in [1.54, 1.807) is 6.92 Å². The van der Waals surface area contributed by atoms with E-state index < -0.39 is 11.7 Å². The Morgan fingerprint density at radius 2 is 2.22 bits per heavy atom. The second-order valence-corrected chi connectivity index (χ2v) is 3.55. The Bertz CT molecular complexity index is 608. The van der Waals surface area contributed by atoms with Gasteiger partial charge in [-0.3, -0.25) is 4.79 Å². The van der Waals surface area contributed by atoms with Crippen LogP contribution in [0.5, 0.6) is 0 Å². The molecule has 0 saturated carbocycles. The lowest BCUT2D eigenvalue weighted by Crippen LogP contribution is -2.14. The maximum atomic E-state index is 14.0. The molecule has 0 aliphatic rings. The minimum atomic E-state index is -0.781. The molecule has 94 valence electrons. The maximum Gasteiger partial charge on any atom is 0.271 e. The first-order valence-corrected chi connectivity index (χ1v) is 5.19. The van der Waals surface area contributed by atoms with Gasteiger partial charge in [-0.25, -0.2) is 19.0 Å². The SMILES string of the molecule is CCc1ncnc(-n2cc(N)c(C(N)=O)n2)c1F. The van der Waals surface area contributed by atoms with E-state index in [0.717, 1.165) is 4.68 Å². The van der Waals surface area contributed by atoms with Gasteiger partial charge in [-0.1, -0.05) is 6.92 Å². The van der Waals surface area contributed by atoms with Crippen LogP contribution in [0.2, 0.25) is 0 Å². The van der Waals surface area contributed by atoms with E-state index in [1.807, 2.05) is 0 Å². The van der Waals surface area contributed by atoms with Gasteiger partial charge in [0, 0.05) is 0 Å². The van der Waals surface area contributed by atoms with Crippen LogP contribution in [0.3, 0.4) is 0 Å². The zero-order valence-electron chi connectivity index (χ0n) is 9.59. The molecule has 0 radical (unpaired) electrons. The quantitative estimate of drug-likeness (QED) is 0.798. The third kappa shape index (κ3) is 1.88. The minimum Gasteiger partial charge on any atom is -0.396 e. The molecule has 2 aromatic heterocycles. The van der Waals surface area contributed by atoms with Gasteiger partial charge in [0.05, 0.1) is 17.6 Å². The predicted octanol–water partition coefficient (Wildman–Crippen LogP) is 0.0449. The molecule has 4 N–H and O–H groups in total. The number of amides is 1. The molecule has 7 nitrogen and oxygen atoms in total. The van der Waals surface area contributed by atoms with Crippen LogP contribution in [0.4, 0.5) is 10.1 Å². The Morgan fingerprint density at radius 1 is 1.50 bits per heavy atom. The van der Waals surface area contributed by atoms with Gasteiger partial charge in [-0.2, -0.15) is 5.10 Å². The summed E-state index contributed by atoms with van der Waals surface area (Å²) >= 11 is 0. The molecule has 2 heterocycles. The van der Waals surface area contributed by atoms with Crippen LogP contribution in [0.25, 0.3) is 5.82 Å². The topological polar surface area (TPSA) is 113 Å². The van der Waals surface area contributed by atoms with Gasteiger partial charge in [0.15, 0.2) is 17.3 Å². The van der Waals surface area contributed by atoms with Crippen molar-refractivity contribution in [1.29, 1.82) is 0 Å². The van der Waals surface area contributed by atoms with Gasteiger partial charge in [-0.15, -0.1) is 0 Å². The predicted molar refractivity (Wildman–Crippen MR) is 61.4 cm³/mol. The van der Waals surface area contributed by atoms with Crippen molar-refractivity contribution in [3.63, 3.8) is 0 Å². The third-order valence-corrected chi connectivity index (χ3v) is 2.37. The molecule has 0 atom stereocenters. The lowest BCUT2D eigenvalue weighted by atomic mass is 10.3. The highest BCUT2D eigenvalue weighted by molar-refractivity contribution is 5.95. The Kier molecular flexibility index (Phi) is 2.92. The third-order valence-electron chi connectivity index (χ3n) is 2.37. The Labute approximate surface area is 102 Å². The summed E-state index contributed by atoms with van der Waals surface area (Å²) in [7, 11) is 0. The van der Waals surface area contributed by atoms with Gasteiger partial charge in [0.2, 0.25) is 0 Å². The summed E-state index contributed by atoms with van der Waals surface area (Å²) < 4.78 is 15.0. The fraction of sp³-hybridized carbons (Fsp3) is 0.200. The van der Waals surface area contributed by atoms with Crippen LogP contribution in [0.1, 0.15) is 23.1 Å². The average Bonchev–Trinajstić information content (AvgIpc) is 2.71. The van der Waals surface area contributed by atoms with E-state index in [-0.39, 0.29) is 22.9 Å². The summed E-state index contributed by atoms with van der Waals surface area (Å²) in [5.74, 6) is -1.45. The van der Waals surface area contributed by atoms with E-state index in [2.05, 4.69) is 15.1 Å². The average molecular weight is 250 g/mol. The highest BCUT2D eigenvalue weighted by Crippen LogP contribution is 2.16. The van der Waals surface area contributed by atoms with Gasteiger partial charge < -0.3 is 11.5 Å². The van der Waals surface area contributed by atoms with Crippen molar-refractivity contribution in [2.24, 2.45) is 5.73 Å². The van der Waals surface area contributed by atoms with Crippen molar-refractivity contribution >= 4 is 11.6 Å². The molecule has 0 unspecified atom stereocenters. The Hall–Kier alpha value is -2.51. The monoisotopic (exact) mass is 250 g/mol. The standard InChI is InChI=1S/C10H11FN6O/c1-2-6-7(11)10(15-4-14-6)17-3-5(12)8(16-17)9(13)18/h3-4H,2,12H2,1H3,(H2,13,18). The number of carbonyl (C=O) groups excluding carboxylic acids is 1. The Balaban J connectivity index is 2.56. The summed E-state index contributed by atoms with van der Waals surface area (Å²) in [4.78, 5) is 18.6. The largest absolute Gasteiger partial charge is 0.396 e. The highest BCUT2D eigenvalue weighted by atomic mass is 19.1. The summed E-state index contributed by atoms with van der Waals surface area (Å²) in [5, 5.41) is 3.80. The van der Waals surface area contributed by atoms with Crippen LogP contribution in [-0.4, -0.2) is 25.7 Å². The molecule has 18 heavy (non-hydrogen) atoms. The van der Waals surface area contributed by atoms with Crippen LogP contribution >= 0.6 is 0 Å². The number of halogens is 1. The van der Waals surface area contributed by atoms with E-state index in [1.165, 1.54) is 12.5 Å². The zero-order valence-corrected chi connectivity index (χ0v) is 9.59. The molecule has 0 aliphatic carbocycles. The van der Waals surface area contributed by atoms with Gasteiger partial charge in [0.25, 0.3) is 5.91 Å². The van der Waals surface area contributed by atoms with Crippen LogP contribution in [-0.2, 0) is 6.42 Å². The van der Waals surface area contributed by atoms with Crippen LogP contribution < -0.4 is 11.5 Å². The molecule has 2 aromatic rings. The number of nitrogens with two attached hydrogens (primary N) is 2. The number of carbonyl (C=O) groups is 1. The van der Waals surface area contributed by atoms with E-state index in [0.29, 0.717) is 6.42 Å². The molecule has 0 bridgehead atoms. The normalized spacial score (nSPS) is 10.6. The molecule has 0 spiro atoms. The molecular formula is C10H11FN6O. The molecule has 0 aliphatic heterocycles. The number of hydrogen-bond acceptors (Lipinski definition) is 5. The molecule has 8 heteroatoms. The number of hydrogen-bond donors (Lipinski definition) is 2. The van der Waals surface area contributed by atoms with Crippen molar-refractivity contribution in [3.05, 3.63) is 29.7 Å². The van der Waals surface area contributed by atoms with Gasteiger partial charge in [-0.05, 0) is 6.42 Å². The summed E-state index contributed by atoms with van der Waals surface area (Å²) in [6.45, 7) is 1.77. The minimum absolute atomic E-state index is 0.0681. The fourth-order valence-electron chi connectivity index (χ4n) is 1.49. The summed E-state index contributed by atoms with van der Waals surface area (Å²) in [6, 6.07) is 0. The summed E-state index contributed by atoms with van der Waals surface area (Å²) in [5.41, 5.74) is 10.8. The molecule has 2 rings (SSSR count). The number of aromatic nitrogens is 4. The maximum absolute atomic E-state index is 14.0. The van der Waals surface area contributed by atoms with Crippen LogP contribution in [0, 0.1) is 5.82 Å². The lowest BCUT2D eigenvalue weighted by molar-refractivity contribution is 0.0996. The smallest absolute Gasteiger partial charge is 0.271 e. The second-order valence-electron chi connectivity index (χ2n) is 3.55. The number of nitrogen functional groups attached to an aromatic ring is 1. The van der Waals surface area contributed by atoms with E-state index in [9.17, 15) is 9.18 Å². The number of aryl methyl sites for hydroxylation is 1. The molecule has 1 amide bonds. The number of primary amides is 1. The molecule has 0 saturated heterocycles. The van der Waals surface area contributed by atoms with E-state index in [4.69, 9.17) is 11.5 Å². The first-order valence-electron chi connectivity index (χ1n) is 5.19. The molecule has 0 fully saturated rings. The lowest BCUT2D eigenvalue weighted by Gasteiger charge is -2.04. The van der Waals surface area contributed by atoms with Crippen molar-refractivity contribution in [2.75, 3.05) is 5.73 Å².